The Morgan fingerprint density at radius 2 is 1.72 bits per heavy atom. The predicted octanol–water partition coefficient (Wildman–Crippen LogP) is 3.38. The van der Waals surface area contributed by atoms with E-state index >= 15 is 0 Å². The molecule has 0 aromatic carbocycles. The lowest BCUT2D eigenvalue weighted by molar-refractivity contribution is 0.158. The maximum atomic E-state index is 3.58. The molecule has 0 radical (unpaired) electrons. The van der Waals surface area contributed by atoms with Crippen molar-refractivity contribution in [2.45, 2.75) is 53.4 Å². The fourth-order valence-electron chi connectivity index (χ4n) is 2.84. The topological polar surface area (TPSA) is 15.3 Å². The van der Waals surface area contributed by atoms with Gasteiger partial charge >= 0.3 is 0 Å². The second kappa shape index (κ2) is 8.92. The summed E-state index contributed by atoms with van der Waals surface area (Å²) in [4.78, 5) is 2.63. The predicted molar refractivity (Wildman–Crippen MR) is 80.9 cm³/mol. The monoisotopic (exact) mass is 254 g/mol. The Morgan fingerprint density at radius 1 is 1.06 bits per heavy atom. The minimum Gasteiger partial charge on any atom is -0.315 e. The lowest BCUT2D eigenvalue weighted by Gasteiger charge is -2.33. The summed E-state index contributed by atoms with van der Waals surface area (Å²) in [6.07, 6.45) is 5.50. The van der Waals surface area contributed by atoms with E-state index in [2.05, 4.69) is 37.9 Å². The number of nitrogens with one attached hydrogen (secondary N) is 1. The third-order valence-electron chi connectivity index (χ3n) is 4.31. The van der Waals surface area contributed by atoms with E-state index < -0.39 is 0 Å². The van der Waals surface area contributed by atoms with E-state index in [4.69, 9.17) is 0 Å². The molecule has 2 nitrogen and oxygen atoms in total. The molecule has 0 bridgehead atoms. The van der Waals surface area contributed by atoms with Gasteiger partial charge in [0.15, 0.2) is 0 Å². The van der Waals surface area contributed by atoms with E-state index in [0.717, 1.165) is 17.8 Å². The molecule has 1 aliphatic rings. The van der Waals surface area contributed by atoms with E-state index in [9.17, 15) is 0 Å². The Balaban J connectivity index is 1.95. The third kappa shape index (κ3) is 6.75. The summed E-state index contributed by atoms with van der Waals surface area (Å²) in [7, 11) is 0. The van der Waals surface area contributed by atoms with Crippen molar-refractivity contribution < 1.29 is 0 Å². The summed E-state index contributed by atoms with van der Waals surface area (Å²) in [5, 5.41) is 3.58. The van der Waals surface area contributed by atoms with Gasteiger partial charge in [0, 0.05) is 13.1 Å². The average Bonchev–Trinajstić information content (AvgIpc) is 2.34. The molecule has 108 valence electrons. The van der Waals surface area contributed by atoms with Gasteiger partial charge in [-0.3, -0.25) is 0 Å². The Kier molecular flexibility index (Phi) is 7.92. The molecule has 0 atom stereocenters. The molecule has 1 saturated heterocycles. The van der Waals surface area contributed by atoms with E-state index in [1.54, 1.807) is 0 Å². The van der Waals surface area contributed by atoms with Crippen LogP contribution >= 0.6 is 0 Å². The van der Waals surface area contributed by atoms with Crippen molar-refractivity contribution in [3.8, 4) is 0 Å². The number of nitrogens with zero attached hydrogens (tertiary/aromatic N) is 1. The van der Waals surface area contributed by atoms with Gasteiger partial charge in [0.25, 0.3) is 0 Å². The molecule has 0 aromatic rings. The minimum atomic E-state index is 0.849. The van der Waals surface area contributed by atoms with Crippen LogP contribution in [-0.2, 0) is 0 Å². The second-order valence-corrected chi connectivity index (χ2v) is 6.71. The van der Waals surface area contributed by atoms with Gasteiger partial charge in [-0.2, -0.15) is 0 Å². The number of likely N-dealkylation sites (tertiary alicyclic amines) is 1. The van der Waals surface area contributed by atoms with Crippen LogP contribution in [0.2, 0.25) is 0 Å². The number of piperidine rings is 1. The lowest BCUT2D eigenvalue weighted by Crippen LogP contribution is -2.39. The number of rotatable bonds is 8. The molecule has 1 rings (SSSR count). The van der Waals surface area contributed by atoms with Crippen molar-refractivity contribution in [3.63, 3.8) is 0 Å². The van der Waals surface area contributed by atoms with Crippen LogP contribution < -0.4 is 5.32 Å². The summed E-state index contributed by atoms with van der Waals surface area (Å²) in [6.45, 7) is 15.6. The normalized spacial score (nSPS) is 19.0. The van der Waals surface area contributed by atoms with Crippen LogP contribution in [0.1, 0.15) is 53.4 Å². The first kappa shape index (κ1) is 16.0. The molecule has 0 aliphatic carbocycles. The van der Waals surface area contributed by atoms with Crippen LogP contribution in [0.5, 0.6) is 0 Å². The smallest absolute Gasteiger partial charge is 0.0107 e. The summed E-state index contributed by atoms with van der Waals surface area (Å²) >= 11 is 0. The SMILES string of the molecule is CC(C)CCCNCCN1CCC(C(C)C)CC1. The lowest BCUT2D eigenvalue weighted by atomic mass is 9.87. The van der Waals surface area contributed by atoms with E-state index in [1.165, 1.54) is 58.4 Å². The largest absolute Gasteiger partial charge is 0.315 e. The number of hydrogen-bond acceptors (Lipinski definition) is 2. The second-order valence-electron chi connectivity index (χ2n) is 6.71. The van der Waals surface area contributed by atoms with Crippen LogP contribution in [0, 0.1) is 17.8 Å². The molecule has 1 heterocycles. The Hall–Kier alpha value is -0.0800. The first-order chi connectivity index (χ1) is 8.59. The highest BCUT2D eigenvalue weighted by Crippen LogP contribution is 2.23. The Bertz CT molecular complexity index is 193. The zero-order valence-electron chi connectivity index (χ0n) is 13.0. The molecule has 0 saturated carbocycles. The zero-order chi connectivity index (χ0) is 13.4. The van der Waals surface area contributed by atoms with E-state index in [0.29, 0.717) is 0 Å². The molecule has 0 aromatic heterocycles. The fraction of sp³-hybridized carbons (Fsp3) is 1.00. The Morgan fingerprint density at radius 3 is 2.28 bits per heavy atom. The summed E-state index contributed by atoms with van der Waals surface area (Å²) < 4.78 is 0. The van der Waals surface area contributed by atoms with Crippen LogP contribution in [0.15, 0.2) is 0 Å². The standard InChI is InChI=1S/C16H34N2/c1-14(2)6-5-9-17-10-13-18-11-7-16(8-12-18)15(3)4/h14-17H,5-13H2,1-4H3. The van der Waals surface area contributed by atoms with Gasteiger partial charge < -0.3 is 10.2 Å². The highest BCUT2D eigenvalue weighted by atomic mass is 15.1. The van der Waals surface area contributed by atoms with E-state index in [-0.39, 0.29) is 0 Å². The van der Waals surface area contributed by atoms with Crippen LogP contribution in [0.4, 0.5) is 0 Å². The summed E-state index contributed by atoms with van der Waals surface area (Å²) in [5.74, 6) is 2.70. The third-order valence-corrected chi connectivity index (χ3v) is 4.31. The summed E-state index contributed by atoms with van der Waals surface area (Å²) in [5.41, 5.74) is 0. The highest BCUT2D eigenvalue weighted by Gasteiger charge is 2.20. The number of hydrogen-bond donors (Lipinski definition) is 1. The molecular weight excluding hydrogens is 220 g/mol. The summed E-state index contributed by atoms with van der Waals surface area (Å²) in [6, 6.07) is 0. The van der Waals surface area contributed by atoms with Gasteiger partial charge in [-0.25, -0.2) is 0 Å². The fourth-order valence-corrected chi connectivity index (χ4v) is 2.84. The van der Waals surface area contributed by atoms with Gasteiger partial charge in [0.2, 0.25) is 0 Å². The zero-order valence-corrected chi connectivity index (χ0v) is 13.0. The van der Waals surface area contributed by atoms with Crippen molar-refractivity contribution >= 4 is 0 Å². The molecule has 0 spiro atoms. The molecule has 0 unspecified atom stereocenters. The van der Waals surface area contributed by atoms with Gasteiger partial charge in [0.1, 0.15) is 0 Å². The highest BCUT2D eigenvalue weighted by molar-refractivity contribution is 4.74. The van der Waals surface area contributed by atoms with Crippen LogP contribution in [-0.4, -0.2) is 37.6 Å². The quantitative estimate of drug-likeness (QED) is 0.668. The molecule has 2 heteroatoms. The van der Waals surface area contributed by atoms with Gasteiger partial charge in [-0.1, -0.05) is 27.7 Å². The molecule has 18 heavy (non-hydrogen) atoms. The Labute approximate surface area is 115 Å². The molecule has 0 amide bonds. The van der Waals surface area contributed by atoms with Crippen LogP contribution in [0.25, 0.3) is 0 Å². The maximum absolute atomic E-state index is 3.58. The van der Waals surface area contributed by atoms with Crippen molar-refractivity contribution in [1.82, 2.24) is 10.2 Å². The maximum Gasteiger partial charge on any atom is 0.0107 e. The molecule has 1 aliphatic heterocycles. The molecular formula is C16H34N2. The van der Waals surface area contributed by atoms with E-state index in [1.807, 2.05) is 0 Å². The van der Waals surface area contributed by atoms with Crippen molar-refractivity contribution in [1.29, 1.82) is 0 Å². The van der Waals surface area contributed by atoms with Crippen LogP contribution in [0.3, 0.4) is 0 Å². The average molecular weight is 254 g/mol. The first-order valence-corrected chi connectivity index (χ1v) is 8.02. The van der Waals surface area contributed by atoms with Gasteiger partial charge in [-0.05, 0) is 63.1 Å². The molecule has 1 N–H and O–H groups in total. The van der Waals surface area contributed by atoms with Gasteiger partial charge in [0.05, 0.1) is 0 Å². The van der Waals surface area contributed by atoms with Crippen molar-refractivity contribution in [2.75, 3.05) is 32.7 Å². The first-order valence-electron chi connectivity index (χ1n) is 8.02. The van der Waals surface area contributed by atoms with Crippen molar-refractivity contribution in [3.05, 3.63) is 0 Å². The van der Waals surface area contributed by atoms with Crippen molar-refractivity contribution in [2.24, 2.45) is 17.8 Å². The molecule has 1 fully saturated rings. The minimum absolute atomic E-state index is 0.849. The van der Waals surface area contributed by atoms with Gasteiger partial charge in [-0.15, -0.1) is 0 Å².